The summed E-state index contributed by atoms with van der Waals surface area (Å²) < 4.78 is 42.0. The van der Waals surface area contributed by atoms with Crippen molar-refractivity contribution >= 4 is 6.09 Å². The Morgan fingerprint density at radius 2 is 2.00 bits per heavy atom. The molecule has 21 heavy (non-hydrogen) atoms. The molecule has 122 valence electrons. The van der Waals surface area contributed by atoms with Gasteiger partial charge < -0.3 is 15.0 Å². The van der Waals surface area contributed by atoms with E-state index in [0.717, 1.165) is 6.42 Å². The first kappa shape index (κ1) is 16.4. The molecule has 2 fully saturated rings. The smallest absolute Gasteiger partial charge is 0.409 e. The molecular formula is C14H23F3N2O2. The monoisotopic (exact) mass is 308 g/mol. The molecule has 1 N–H and O–H groups in total. The quantitative estimate of drug-likeness (QED) is 0.849. The first-order valence-electron chi connectivity index (χ1n) is 7.59. The number of halogens is 3. The van der Waals surface area contributed by atoms with E-state index in [2.05, 4.69) is 5.32 Å². The van der Waals surface area contributed by atoms with Crippen molar-refractivity contribution in [3.8, 4) is 0 Å². The maximum atomic E-state index is 12.3. The summed E-state index contributed by atoms with van der Waals surface area (Å²) in [5.74, 6) is 0.960. The molecule has 1 heterocycles. The molecule has 4 nitrogen and oxygen atoms in total. The van der Waals surface area contributed by atoms with Gasteiger partial charge in [0.05, 0.1) is 13.2 Å². The van der Waals surface area contributed by atoms with Crippen LogP contribution in [0.3, 0.4) is 0 Å². The van der Waals surface area contributed by atoms with Crippen molar-refractivity contribution in [1.82, 2.24) is 10.2 Å². The van der Waals surface area contributed by atoms with Crippen molar-refractivity contribution in [3.63, 3.8) is 0 Å². The molecule has 2 rings (SSSR count). The van der Waals surface area contributed by atoms with Crippen LogP contribution in [-0.4, -0.2) is 49.5 Å². The van der Waals surface area contributed by atoms with Gasteiger partial charge in [0.1, 0.15) is 0 Å². The lowest BCUT2D eigenvalue weighted by Gasteiger charge is -2.37. The summed E-state index contributed by atoms with van der Waals surface area (Å²) in [4.78, 5) is 13.4. The summed E-state index contributed by atoms with van der Waals surface area (Å²) in [6.45, 7) is 1.88. The minimum Gasteiger partial charge on any atom is -0.450 e. The number of ether oxygens (including phenoxy) is 1. The van der Waals surface area contributed by atoms with E-state index in [9.17, 15) is 18.0 Å². The zero-order valence-corrected chi connectivity index (χ0v) is 12.3. The van der Waals surface area contributed by atoms with Crippen LogP contribution in [0.15, 0.2) is 0 Å². The van der Waals surface area contributed by atoms with E-state index in [4.69, 9.17) is 4.74 Å². The summed E-state index contributed by atoms with van der Waals surface area (Å²) >= 11 is 0. The van der Waals surface area contributed by atoms with E-state index in [-0.39, 0.29) is 25.1 Å². The van der Waals surface area contributed by atoms with Gasteiger partial charge in [0.25, 0.3) is 0 Å². The molecular weight excluding hydrogens is 285 g/mol. The highest BCUT2D eigenvalue weighted by atomic mass is 19.4. The van der Waals surface area contributed by atoms with E-state index in [1.165, 1.54) is 12.8 Å². The Hall–Kier alpha value is -0.980. The number of piperidine rings is 1. The van der Waals surface area contributed by atoms with Crippen LogP contribution in [0.5, 0.6) is 0 Å². The fourth-order valence-corrected chi connectivity index (χ4v) is 2.97. The number of rotatable bonds is 5. The maximum absolute atomic E-state index is 12.3. The number of alkyl halides is 3. The largest absolute Gasteiger partial charge is 0.450 e. The fourth-order valence-electron chi connectivity index (χ4n) is 2.97. The first-order chi connectivity index (χ1) is 9.87. The highest BCUT2D eigenvalue weighted by Gasteiger charge is 2.36. The van der Waals surface area contributed by atoms with Gasteiger partial charge >= 0.3 is 12.3 Å². The standard InChI is InChI=1S/C14H23F3N2O2/c1-2-21-13(20)19-7-11(5-10-3-4-10)6-12(8-19)18-9-14(15,16)17/h10-12,18H,2-9H2,1H3. The van der Waals surface area contributed by atoms with Crippen molar-refractivity contribution in [2.75, 3.05) is 26.2 Å². The lowest BCUT2D eigenvalue weighted by atomic mass is 9.90. The zero-order valence-electron chi connectivity index (χ0n) is 12.3. The third-order valence-corrected chi connectivity index (χ3v) is 4.02. The second-order valence-electron chi connectivity index (χ2n) is 6.08. The van der Waals surface area contributed by atoms with Crippen LogP contribution >= 0.6 is 0 Å². The molecule has 0 spiro atoms. The molecule has 0 radical (unpaired) electrons. The predicted octanol–water partition coefficient (Wildman–Crippen LogP) is 2.79. The third kappa shape index (κ3) is 5.73. The molecule has 1 aliphatic carbocycles. The summed E-state index contributed by atoms with van der Waals surface area (Å²) in [7, 11) is 0. The zero-order chi connectivity index (χ0) is 15.5. The van der Waals surface area contributed by atoms with Gasteiger partial charge in [-0.15, -0.1) is 0 Å². The van der Waals surface area contributed by atoms with Gasteiger partial charge in [-0.3, -0.25) is 0 Å². The molecule has 0 bridgehead atoms. The van der Waals surface area contributed by atoms with E-state index in [1.807, 2.05) is 0 Å². The summed E-state index contributed by atoms with van der Waals surface area (Å²) in [6, 6.07) is -0.312. The molecule has 1 saturated heterocycles. The average molecular weight is 308 g/mol. The van der Waals surface area contributed by atoms with Gasteiger partial charge in [-0.2, -0.15) is 13.2 Å². The van der Waals surface area contributed by atoms with Crippen LogP contribution in [0.2, 0.25) is 0 Å². The molecule has 0 aromatic carbocycles. The van der Waals surface area contributed by atoms with Crippen LogP contribution in [-0.2, 0) is 4.74 Å². The molecule has 1 amide bonds. The Morgan fingerprint density at radius 1 is 1.29 bits per heavy atom. The van der Waals surface area contributed by atoms with Gasteiger partial charge in [0.15, 0.2) is 0 Å². The van der Waals surface area contributed by atoms with Crippen LogP contribution < -0.4 is 5.32 Å². The highest BCUT2D eigenvalue weighted by molar-refractivity contribution is 5.67. The predicted molar refractivity (Wildman–Crippen MR) is 71.9 cm³/mol. The Labute approximate surface area is 123 Å². The third-order valence-electron chi connectivity index (χ3n) is 4.02. The molecule has 0 aromatic heterocycles. The number of nitrogens with zero attached hydrogens (tertiary/aromatic N) is 1. The molecule has 7 heteroatoms. The Morgan fingerprint density at radius 3 is 2.57 bits per heavy atom. The second kappa shape index (κ2) is 6.85. The van der Waals surface area contributed by atoms with Gasteiger partial charge in [-0.05, 0) is 31.6 Å². The summed E-state index contributed by atoms with van der Waals surface area (Å²) in [5, 5.41) is 2.54. The first-order valence-corrected chi connectivity index (χ1v) is 7.59. The number of nitrogens with one attached hydrogen (secondary N) is 1. The van der Waals surface area contributed by atoms with Crippen LogP contribution in [0.25, 0.3) is 0 Å². The minimum atomic E-state index is -4.22. The molecule has 2 atom stereocenters. The minimum absolute atomic E-state index is 0.265. The van der Waals surface area contributed by atoms with Crippen molar-refractivity contribution < 1.29 is 22.7 Å². The lowest BCUT2D eigenvalue weighted by Crippen LogP contribution is -2.53. The van der Waals surface area contributed by atoms with E-state index in [0.29, 0.717) is 18.9 Å². The average Bonchev–Trinajstić information content (AvgIpc) is 3.19. The summed E-state index contributed by atoms with van der Waals surface area (Å²) in [6.07, 6.45) is -0.537. The van der Waals surface area contributed by atoms with E-state index >= 15 is 0 Å². The van der Waals surface area contributed by atoms with Crippen LogP contribution in [0.4, 0.5) is 18.0 Å². The molecule has 1 aliphatic heterocycles. The SMILES string of the molecule is CCOC(=O)N1CC(CC2CC2)CC(NCC(F)(F)F)C1. The Balaban J connectivity index is 1.90. The number of amides is 1. The molecule has 0 aromatic rings. The Bertz CT molecular complexity index is 359. The number of carbonyl (C=O) groups is 1. The van der Waals surface area contributed by atoms with E-state index in [1.54, 1.807) is 11.8 Å². The van der Waals surface area contributed by atoms with Crippen LogP contribution in [0, 0.1) is 11.8 Å². The topological polar surface area (TPSA) is 41.6 Å². The van der Waals surface area contributed by atoms with Gasteiger partial charge in [-0.1, -0.05) is 12.8 Å². The fraction of sp³-hybridized carbons (Fsp3) is 0.929. The van der Waals surface area contributed by atoms with Gasteiger partial charge in [0.2, 0.25) is 0 Å². The normalized spacial score (nSPS) is 26.8. The molecule has 2 unspecified atom stereocenters. The highest BCUT2D eigenvalue weighted by Crippen LogP contribution is 2.38. The number of hydrogen-bond acceptors (Lipinski definition) is 3. The van der Waals surface area contributed by atoms with Crippen molar-refractivity contribution in [2.24, 2.45) is 11.8 Å². The van der Waals surface area contributed by atoms with Gasteiger partial charge in [0, 0.05) is 19.1 Å². The van der Waals surface area contributed by atoms with E-state index < -0.39 is 18.8 Å². The number of likely N-dealkylation sites (tertiary alicyclic amines) is 1. The molecule has 2 aliphatic rings. The van der Waals surface area contributed by atoms with Crippen molar-refractivity contribution in [1.29, 1.82) is 0 Å². The summed E-state index contributed by atoms with van der Waals surface area (Å²) in [5.41, 5.74) is 0. The van der Waals surface area contributed by atoms with Crippen LogP contribution in [0.1, 0.15) is 32.6 Å². The lowest BCUT2D eigenvalue weighted by molar-refractivity contribution is -0.127. The van der Waals surface area contributed by atoms with Gasteiger partial charge in [-0.25, -0.2) is 4.79 Å². The van der Waals surface area contributed by atoms with Crippen molar-refractivity contribution in [2.45, 2.75) is 44.8 Å². The maximum Gasteiger partial charge on any atom is 0.409 e. The second-order valence-corrected chi connectivity index (χ2v) is 6.08. The Kier molecular flexibility index (Phi) is 5.35. The molecule has 1 saturated carbocycles. The number of carbonyl (C=O) groups excluding carboxylic acids is 1. The van der Waals surface area contributed by atoms with Crippen molar-refractivity contribution in [3.05, 3.63) is 0 Å². The number of hydrogen-bond donors (Lipinski definition) is 1.